The first-order valence-corrected chi connectivity index (χ1v) is 6.50. The zero-order valence-corrected chi connectivity index (χ0v) is 11.1. The summed E-state index contributed by atoms with van der Waals surface area (Å²) in [6.45, 7) is 2.03. The van der Waals surface area contributed by atoms with Crippen molar-refractivity contribution < 1.29 is 17.9 Å². The Kier molecular flexibility index (Phi) is 5.06. The lowest BCUT2D eigenvalue weighted by molar-refractivity contribution is 0.0996. The van der Waals surface area contributed by atoms with Gasteiger partial charge in [-0.25, -0.2) is 8.60 Å². The number of rotatable bonds is 5. The summed E-state index contributed by atoms with van der Waals surface area (Å²) in [5.41, 5.74) is 4.62. The number of nitrogens with two attached hydrogens (primary N) is 1. The molecule has 0 aliphatic heterocycles. The van der Waals surface area contributed by atoms with Crippen LogP contribution in [-0.4, -0.2) is 21.2 Å². The highest BCUT2D eigenvalue weighted by molar-refractivity contribution is 7.80. The number of halogens is 2. The van der Waals surface area contributed by atoms with E-state index in [2.05, 4.69) is 0 Å². The third kappa shape index (κ3) is 2.98. The maximum absolute atomic E-state index is 13.4. The number of carbonyl (C=O) groups is 1. The Morgan fingerprint density at radius 2 is 2.22 bits per heavy atom. The van der Waals surface area contributed by atoms with Crippen molar-refractivity contribution >= 4 is 34.5 Å². The Hall–Kier alpha value is -1.18. The third-order valence-corrected chi connectivity index (χ3v) is 3.34. The van der Waals surface area contributed by atoms with Gasteiger partial charge in [-0.05, 0) is 18.6 Å². The summed E-state index contributed by atoms with van der Waals surface area (Å²) in [4.78, 5) is 11.1. The molecule has 0 saturated heterocycles. The fraction of sp³-hybridized carbons (Fsp3) is 0.300. The molecule has 0 aliphatic rings. The first kappa shape index (κ1) is 14.9. The Morgan fingerprint density at radius 1 is 1.61 bits per heavy atom. The van der Waals surface area contributed by atoms with Crippen molar-refractivity contribution in [2.45, 2.75) is 13.3 Å². The summed E-state index contributed by atoms with van der Waals surface area (Å²) in [6, 6.07) is 2.21. The molecule has 0 fully saturated rings. The van der Waals surface area contributed by atoms with Crippen LogP contribution in [-0.2, 0) is 11.3 Å². The van der Waals surface area contributed by atoms with Crippen LogP contribution in [0.3, 0.4) is 0 Å². The molecule has 8 heteroatoms. The Morgan fingerprint density at radius 3 is 2.67 bits per heavy atom. The van der Waals surface area contributed by atoms with Crippen molar-refractivity contribution in [3.63, 3.8) is 0 Å². The number of hydrogen-bond donors (Lipinski definition) is 2. The van der Waals surface area contributed by atoms with Gasteiger partial charge in [-0.15, -0.1) is 0 Å². The average molecular weight is 295 g/mol. The topological polar surface area (TPSA) is 83.6 Å². The van der Waals surface area contributed by atoms with E-state index < -0.39 is 28.6 Å². The van der Waals surface area contributed by atoms with Gasteiger partial charge in [-0.2, -0.15) is 0 Å². The van der Waals surface area contributed by atoms with Gasteiger partial charge in [0.15, 0.2) is 0 Å². The van der Waals surface area contributed by atoms with Gasteiger partial charge >= 0.3 is 0 Å². The van der Waals surface area contributed by atoms with Crippen molar-refractivity contribution in [1.29, 1.82) is 0 Å². The SMILES string of the molecule is CCCN(c1ccc(F)c(C(N)=O)c1Cl)S(=O)O. The van der Waals surface area contributed by atoms with Crippen LogP contribution in [0.4, 0.5) is 10.1 Å². The molecule has 100 valence electrons. The number of nitrogens with zero attached hydrogens (tertiary/aromatic N) is 1. The van der Waals surface area contributed by atoms with Crippen LogP contribution in [0.2, 0.25) is 5.02 Å². The third-order valence-electron chi connectivity index (χ3n) is 2.20. The number of primary amides is 1. The van der Waals surface area contributed by atoms with E-state index in [1.54, 1.807) is 6.92 Å². The van der Waals surface area contributed by atoms with E-state index in [0.717, 1.165) is 10.4 Å². The van der Waals surface area contributed by atoms with Crippen LogP contribution in [0.1, 0.15) is 23.7 Å². The van der Waals surface area contributed by atoms with E-state index in [0.29, 0.717) is 6.42 Å². The molecule has 0 heterocycles. The first-order chi connectivity index (χ1) is 8.40. The van der Waals surface area contributed by atoms with Gasteiger partial charge in [0.05, 0.1) is 16.3 Å². The highest BCUT2D eigenvalue weighted by Crippen LogP contribution is 2.31. The molecule has 1 amide bonds. The van der Waals surface area contributed by atoms with Crippen LogP contribution >= 0.6 is 11.6 Å². The molecule has 0 aromatic heterocycles. The molecule has 0 aliphatic carbocycles. The maximum atomic E-state index is 13.4. The van der Waals surface area contributed by atoms with Gasteiger partial charge in [0.25, 0.3) is 17.2 Å². The summed E-state index contributed by atoms with van der Waals surface area (Å²) in [5, 5.41) is -0.265. The molecule has 0 spiro atoms. The van der Waals surface area contributed by atoms with Crippen LogP contribution in [0.25, 0.3) is 0 Å². The summed E-state index contributed by atoms with van der Waals surface area (Å²) < 4.78 is 34.8. The minimum Gasteiger partial charge on any atom is -0.365 e. The highest BCUT2D eigenvalue weighted by Gasteiger charge is 2.22. The van der Waals surface area contributed by atoms with Gasteiger partial charge in [-0.1, -0.05) is 18.5 Å². The van der Waals surface area contributed by atoms with E-state index in [4.69, 9.17) is 21.9 Å². The smallest absolute Gasteiger partial charge is 0.261 e. The Balaban J connectivity index is 3.37. The maximum Gasteiger partial charge on any atom is 0.261 e. The summed E-state index contributed by atoms with van der Waals surface area (Å²) in [7, 11) is 0. The van der Waals surface area contributed by atoms with Crippen molar-refractivity contribution in [3.05, 3.63) is 28.5 Å². The summed E-state index contributed by atoms with van der Waals surface area (Å²) in [5.74, 6) is -1.89. The molecule has 1 aromatic carbocycles. The predicted octanol–water partition coefficient (Wildman–Crippen LogP) is 1.93. The van der Waals surface area contributed by atoms with E-state index in [1.165, 1.54) is 6.07 Å². The molecular formula is C10H12ClFN2O3S. The number of hydrogen-bond acceptors (Lipinski definition) is 2. The zero-order chi connectivity index (χ0) is 13.9. The fourth-order valence-electron chi connectivity index (χ4n) is 1.45. The standard InChI is InChI=1S/C10H12ClFN2O3S/c1-2-5-14(18(16)17)7-4-3-6(12)8(9(7)11)10(13)15/h3-4H,2,5H2,1H3,(H2,13,15)(H,16,17). The van der Waals surface area contributed by atoms with E-state index >= 15 is 0 Å². The van der Waals surface area contributed by atoms with E-state index in [9.17, 15) is 13.4 Å². The van der Waals surface area contributed by atoms with Gasteiger partial charge < -0.3 is 5.73 Å². The van der Waals surface area contributed by atoms with Crippen molar-refractivity contribution in [2.75, 3.05) is 10.8 Å². The molecular weight excluding hydrogens is 283 g/mol. The summed E-state index contributed by atoms with van der Waals surface area (Å²) in [6.07, 6.45) is 0.575. The molecule has 1 aromatic rings. The predicted molar refractivity (Wildman–Crippen MR) is 68.3 cm³/mol. The number of amides is 1. The lowest BCUT2D eigenvalue weighted by Gasteiger charge is -2.21. The zero-order valence-electron chi connectivity index (χ0n) is 9.52. The van der Waals surface area contributed by atoms with Gasteiger partial charge in [0, 0.05) is 6.54 Å². The second-order valence-corrected chi connectivity index (χ2v) is 4.73. The van der Waals surface area contributed by atoms with E-state index in [1.807, 2.05) is 0 Å². The van der Waals surface area contributed by atoms with Gasteiger partial charge in [0.2, 0.25) is 0 Å². The molecule has 18 heavy (non-hydrogen) atoms. The van der Waals surface area contributed by atoms with Crippen LogP contribution in [0.15, 0.2) is 12.1 Å². The lowest BCUT2D eigenvalue weighted by atomic mass is 10.1. The monoisotopic (exact) mass is 294 g/mol. The molecule has 1 unspecified atom stereocenters. The molecule has 0 saturated carbocycles. The molecule has 0 bridgehead atoms. The van der Waals surface area contributed by atoms with Crippen LogP contribution in [0.5, 0.6) is 0 Å². The van der Waals surface area contributed by atoms with Gasteiger partial charge in [-0.3, -0.25) is 13.7 Å². The molecule has 1 rings (SSSR count). The summed E-state index contributed by atoms with van der Waals surface area (Å²) >= 11 is 3.54. The number of benzene rings is 1. The Bertz CT molecular complexity index is 498. The number of carbonyl (C=O) groups excluding carboxylic acids is 1. The van der Waals surface area contributed by atoms with Crippen LogP contribution < -0.4 is 10.0 Å². The molecule has 1 atom stereocenters. The van der Waals surface area contributed by atoms with E-state index in [-0.39, 0.29) is 17.3 Å². The Labute approximate surface area is 111 Å². The second kappa shape index (κ2) is 6.12. The molecule has 3 N–H and O–H groups in total. The van der Waals surface area contributed by atoms with Crippen LogP contribution in [0, 0.1) is 5.82 Å². The quantitative estimate of drug-likeness (QED) is 0.814. The minimum absolute atomic E-state index is 0.0922. The van der Waals surface area contributed by atoms with Crippen molar-refractivity contribution in [1.82, 2.24) is 0 Å². The lowest BCUT2D eigenvalue weighted by Crippen LogP contribution is -2.27. The fourth-order valence-corrected chi connectivity index (χ4v) is 2.50. The van der Waals surface area contributed by atoms with Gasteiger partial charge in [0.1, 0.15) is 5.82 Å². The highest BCUT2D eigenvalue weighted by atomic mass is 35.5. The minimum atomic E-state index is -2.32. The van der Waals surface area contributed by atoms with Crippen molar-refractivity contribution in [2.24, 2.45) is 5.73 Å². The largest absolute Gasteiger partial charge is 0.365 e. The number of anilines is 1. The molecule has 0 radical (unpaired) electrons. The normalized spacial score (nSPS) is 12.2. The second-order valence-electron chi connectivity index (χ2n) is 3.45. The first-order valence-electron chi connectivity index (χ1n) is 5.06. The average Bonchev–Trinajstić information content (AvgIpc) is 2.26. The van der Waals surface area contributed by atoms with Crippen molar-refractivity contribution in [3.8, 4) is 0 Å². The molecule has 5 nitrogen and oxygen atoms in total.